The lowest BCUT2D eigenvalue weighted by Gasteiger charge is -2.11. The fourth-order valence-electron chi connectivity index (χ4n) is 6.89. The summed E-state index contributed by atoms with van der Waals surface area (Å²) in [6.45, 7) is 1.89. The van der Waals surface area contributed by atoms with Gasteiger partial charge in [0.05, 0.1) is 0 Å². The lowest BCUT2D eigenvalue weighted by molar-refractivity contribution is 0.591. The molecule has 3 heterocycles. The van der Waals surface area contributed by atoms with E-state index < -0.39 is 7.14 Å². The predicted molar refractivity (Wildman–Crippen MR) is 198 cm³/mol. The smallest absolute Gasteiger partial charge is 0.182 e. The summed E-state index contributed by atoms with van der Waals surface area (Å²) in [7, 11) is -2.62. The molecule has 0 fully saturated rings. The highest BCUT2D eigenvalue weighted by Gasteiger charge is 2.34. The van der Waals surface area contributed by atoms with E-state index in [0.29, 0.717) is 5.82 Å². The van der Waals surface area contributed by atoms with Crippen LogP contribution in [0.25, 0.3) is 72.7 Å². The fraction of sp³-hybridized carbons (Fsp3) is 0.0233. The van der Waals surface area contributed by atoms with Gasteiger partial charge in [-0.2, -0.15) is 0 Å². The molecular weight excluding hydrogens is 605 g/mol. The van der Waals surface area contributed by atoms with E-state index in [2.05, 4.69) is 134 Å². The van der Waals surface area contributed by atoms with Gasteiger partial charge >= 0.3 is 0 Å². The number of fused-ring (bicyclic) bond motifs is 4. The first-order valence-corrected chi connectivity index (χ1v) is 18.2. The lowest BCUT2D eigenvalue weighted by atomic mass is 9.98. The highest BCUT2D eigenvalue weighted by Crippen LogP contribution is 2.50. The Morgan fingerprint density at radius 1 is 0.458 bits per heavy atom. The van der Waals surface area contributed by atoms with E-state index in [4.69, 9.17) is 10.1 Å². The zero-order valence-electron chi connectivity index (χ0n) is 26.3. The summed E-state index contributed by atoms with van der Waals surface area (Å²) in [5.41, 5.74) is 12.8. The summed E-state index contributed by atoms with van der Waals surface area (Å²) in [5.74, 6) is 0.686. The molecular formula is C43H30N3OP. The quantitative estimate of drug-likeness (QED) is 0.177. The number of hydrogen-bond donors (Lipinski definition) is 0. The highest BCUT2D eigenvalue weighted by molar-refractivity contribution is 7.79. The van der Waals surface area contributed by atoms with E-state index in [0.717, 1.165) is 77.5 Å². The van der Waals surface area contributed by atoms with Gasteiger partial charge in [0.15, 0.2) is 11.5 Å². The third-order valence-corrected chi connectivity index (χ3v) is 12.0. The Kier molecular flexibility index (Phi) is 6.60. The minimum absolute atomic E-state index is 0.686. The van der Waals surface area contributed by atoms with Gasteiger partial charge in [0.1, 0.15) is 7.14 Å². The van der Waals surface area contributed by atoms with Crippen molar-refractivity contribution in [1.29, 1.82) is 0 Å². The molecule has 8 aromatic rings. The molecule has 5 heteroatoms. The number of aromatic nitrogens is 3. The number of nitrogens with zero attached hydrogens (tertiary/aromatic N) is 3. The average molecular weight is 636 g/mol. The molecule has 1 aliphatic rings. The molecule has 0 saturated carbocycles. The standard InChI is InChI=1S/C43H30N3OP/c1-48(47)40-15-9-8-14-37(40)38-25-24-35(27-41(38)48)32-18-16-30(17-19-32)31-20-22-34(23-21-31)42-44-43-39(33-12-6-3-7-13-33)26-36(28-46(43)45-42)29-10-4-2-5-11-29/h2-28H,1H3. The zero-order valence-corrected chi connectivity index (χ0v) is 27.2. The lowest BCUT2D eigenvalue weighted by Crippen LogP contribution is -2.08. The van der Waals surface area contributed by atoms with Crippen molar-refractivity contribution in [1.82, 2.24) is 14.6 Å². The third-order valence-electron chi connectivity index (χ3n) is 9.43. The van der Waals surface area contributed by atoms with Crippen LogP contribution < -0.4 is 10.6 Å². The van der Waals surface area contributed by atoms with Crippen molar-refractivity contribution in [3.63, 3.8) is 0 Å². The van der Waals surface area contributed by atoms with Crippen molar-refractivity contribution >= 4 is 23.4 Å². The first kappa shape index (κ1) is 28.4. The van der Waals surface area contributed by atoms with Gasteiger partial charge in [0.2, 0.25) is 0 Å². The summed E-state index contributed by atoms with van der Waals surface area (Å²) in [4.78, 5) is 5.02. The van der Waals surface area contributed by atoms with E-state index in [1.54, 1.807) is 0 Å². The molecule has 9 rings (SSSR count). The molecule has 0 aliphatic carbocycles. The van der Waals surface area contributed by atoms with Crippen molar-refractivity contribution in [3.05, 3.63) is 164 Å². The Bertz CT molecular complexity index is 2520. The molecule has 1 atom stereocenters. The van der Waals surface area contributed by atoms with Crippen LogP contribution in [-0.2, 0) is 4.57 Å². The number of benzene rings is 6. The molecule has 6 aromatic carbocycles. The number of rotatable bonds is 5. The van der Waals surface area contributed by atoms with Gasteiger partial charge in [-0.05, 0) is 63.3 Å². The van der Waals surface area contributed by atoms with Gasteiger partial charge in [-0.3, -0.25) is 0 Å². The van der Waals surface area contributed by atoms with Gasteiger partial charge in [-0.25, -0.2) is 9.50 Å². The van der Waals surface area contributed by atoms with Crippen LogP contribution in [0.3, 0.4) is 0 Å². The molecule has 228 valence electrons. The maximum atomic E-state index is 13.8. The topological polar surface area (TPSA) is 47.3 Å². The summed E-state index contributed by atoms with van der Waals surface area (Å²) in [6, 6.07) is 54.4. The van der Waals surface area contributed by atoms with Crippen LogP contribution in [-0.4, -0.2) is 21.3 Å². The fourth-order valence-corrected chi connectivity index (χ4v) is 9.21. The van der Waals surface area contributed by atoms with Crippen molar-refractivity contribution < 1.29 is 4.57 Å². The Hall–Kier alpha value is -5.83. The first-order chi connectivity index (χ1) is 23.5. The van der Waals surface area contributed by atoms with E-state index in [1.807, 2.05) is 41.5 Å². The molecule has 1 unspecified atom stereocenters. The van der Waals surface area contributed by atoms with Crippen LogP contribution in [0.4, 0.5) is 0 Å². The van der Waals surface area contributed by atoms with Gasteiger partial charge in [-0.1, -0.05) is 146 Å². The zero-order chi connectivity index (χ0) is 32.2. The van der Waals surface area contributed by atoms with Crippen molar-refractivity contribution in [3.8, 4) is 67.0 Å². The van der Waals surface area contributed by atoms with Crippen LogP contribution in [0.15, 0.2) is 164 Å². The number of hydrogen-bond acceptors (Lipinski definition) is 3. The SMILES string of the molecule is CP1(=O)c2ccccc2-c2ccc(-c3ccc(-c4ccc(-c5nc6c(-c7ccccc7)cc(-c7ccccc7)cn6n5)cc4)cc3)cc21. The Morgan fingerprint density at radius 3 is 1.67 bits per heavy atom. The second-order valence-electron chi connectivity index (χ2n) is 12.4. The van der Waals surface area contributed by atoms with Gasteiger partial charge in [0, 0.05) is 33.5 Å². The predicted octanol–water partition coefficient (Wildman–Crippen LogP) is 9.99. The van der Waals surface area contributed by atoms with Crippen molar-refractivity contribution in [2.75, 3.05) is 6.66 Å². The second kappa shape index (κ2) is 11.2. The largest absolute Gasteiger partial charge is 0.314 e. The Balaban J connectivity index is 1.02. The van der Waals surface area contributed by atoms with Crippen LogP contribution >= 0.6 is 7.14 Å². The molecule has 1 aliphatic heterocycles. The summed E-state index contributed by atoms with van der Waals surface area (Å²) >= 11 is 0. The summed E-state index contributed by atoms with van der Waals surface area (Å²) in [6.07, 6.45) is 2.06. The average Bonchev–Trinajstić information content (AvgIpc) is 3.68. The van der Waals surface area contributed by atoms with E-state index in [1.165, 1.54) is 0 Å². The minimum atomic E-state index is -2.62. The second-order valence-corrected chi connectivity index (χ2v) is 15.2. The monoisotopic (exact) mass is 635 g/mol. The van der Waals surface area contributed by atoms with E-state index >= 15 is 0 Å². The van der Waals surface area contributed by atoms with E-state index in [9.17, 15) is 4.57 Å². The molecule has 0 amide bonds. The van der Waals surface area contributed by atoms with Crippen LogP contribution in [0.2, 0.25) is 0 Å². The third kappa shape index (κ3) is 4.73. The maximum Gasteiger partial charge on any atom is 0.182 e. The summed E-state index contributed by atoms with van der Waals surface area (Å²) < 4.78 is 15.7. The Labute approximate surface area is 279 Å². The van der Waals surface area contributed by atoms with Crippen LogP contribution in [0.1, 0.15) is 0 Å². The van der Waals surface area contributed by atoms with Crippen molar-refractivity contribution in [2.24, 2.45) is 0 Å². The highest BCUT2D eigenvalue weighted by atomic mass is 31.2. The minimum Gasteiger partial charge on any atom is -0.314 e. The summed E-state index contributed by atoms with van der Waals surface area (Å²) in [5, 5.41) is 6.85. The Morgan fingerprint density at radius 2 is 0.979 bits per heavy atom. The van der Waals surface area contributed by atoms with Gasteiger partial charge in [0.25, 0.3) is 0 Å². The molecule has 0 radical (unpaired) electrons. The molecule has 0 saturated heterocycles. The molecule has 4 nitrogen and oxygen atoms in total. The van der Waals surface area contributed by atoms with Crippen LogP contribution in [0, 0.1) is 0 Å². The normalized spacial score (nSPS) is 14.9. The van der Waals surface area contributed by atoms with Crippen molar-refractivity contribution in [2.45, 2.75) is 0 Å². The van der Waals surface area contributed by atoms with Gasteiger partial charge < -0.3 is 4.57 Å². The van der Waals surface area contributed by atoms with Gasteiger partial charge in [-0.15, -0.1) is 5.10 Å². The van der Waals surface area contributed by atoms with Crippen LogP contribution in [0.5, 0.6) is 0 Å². The first-order valence-electron chi connectivity index (χ1n) is 16.1. The molecule has 2 aromatic heterocycles. The van der Waals surface area contributed by atoms with E-state index in [-0.39, 0.29) is 0 Å². The molecule has 48 heavy (non-hydrogen) atoms. The molecule has 0 N–H and O–H groups in total. The molecule has 0 spiro atoms. The molecule has 0 bridgehead atoms. The maximum absolute atomic E-state index is 13.8. The number of pyridine rings is 1.